The molecular formula is C27H21N3O5. The number of hydrogen-bond acceptors (Lipinski definition) is 7. The van der Waals surface area contributed by atoms with Crippen LogP contribution in [0.5, 0.6) is 17.2 Å². The maximum Gasteiger partial charge on any atom is 0.257 e. The van der Waals surface area contributed by atoms with Crippen LogP contribution in [0.3, 0.4) is 0 Å². The van der Waals surface area contributed by atoms with Gasteiger partial charge in [-0.3, -0.25) is 4.79 Å². The van der Waals surface area contributed by atoms with Crippen molar-refractivity contribution < 1.29 is 23.5 Å². The Hall–Kier alpha value is -4.33. The summed E-state index contributed by atoms with van der Waals surface area (Å²) in [6.45, 7) is 3.39. The maximum absolute atomic E-state index is 14.2. The van der Waals surface area contributed by atoms with Crippen LogP contribution in [-0.2, 0) is 16.8 Å². The monoisotopic (exact) mass is 467 g/mol. The highest BCUT2D eigenvalue weighted by Gasteiger charge is 2.57. The number of aromatic nitrogens is 2. The first-order valence-corrected chi connectivity index (χ1v) is 11.5. The minimum absolute atomic E-state index is 0.0202. The van der Waals surface area contributed by atoms with E-state index in [0.717, 1.165) is 27.9 Å². The predicted octanol–water partition coefficient (Wildman–Crippen LogP) is 4.04. The zero-order valence-electron chi connectivity index (χ0n) is 19.0. The minimum atomic E-state index is -0.928. The number of rotatable bonds is 3. The molecule has 0 saturated carbocycles. The maximum atomic E-state index is 14.2. The van der Waals surface area contributed by atoms with Crippen LogP contribution < -0.4 is 19.1 Å². The van der Waals surface area contributed by atoms with Gasteiger partial charge >= 0.3 is 0 Å². The molecule has 1 spiro atoms. The lowest BCUT2D eigenvalue weighted by atomic mass is 9.77. The smallest absolute Gasteiger partial charge is 0.257 e. The van der Waals surface area contributed by atoms with Crippen molar-refractivity contribution in [1.82, 2.24) is 10.1 Å². The largest absolute Gasteiger partial charge is 0.491 e. The van der Waals surface area contributed by atoms with Crippen molar-refractivity contribution in [2.24, 2.45) is 0 Å². The van der Waals surface area contributed by atoms with Crippen molar-refractivity contribution >= 4 is 11.6 Å². The van der Waals surface area contributed by atoms with Crippen molar-refractivity contribution in [3.63, 3.8) is 0 Å². The first-order chi connectivity index (χ1) is 17.1. The van der Waals surface area contributed by atoms with Gasteiger partial charge in [0.15, 0.2) is 17.3 Å². The Balaban J connectivity index is 1.30. The van der Waals surface area contributed by atoms with E-state index in [1.165, 1.54) is 0 Å². The molecule has 1 atom stereocenters. The normalized spacial score (nSPS) is 19.6. The molecule has 0 N–H and O–H groups in total. The fraction of sp³-hybridized carbons (Fsp3) is 0.222. The summed E-state index contributed by atoms with van der Waals surface area (Å²) in [6.07, 6.45) is 0. The average Bonchev–Trinajstić information content (AvgIpc) is 3.55. The molecule has 1 unspecified atom stereocenters. The molecule has 174 valence electrons. The van der Waals surface area contributed by atoms with Crippen LogP contribution >= 0.6 is 0 Å². The molecule has 8 nitrogen and oxygen atoms in total. The molecule has 35 heavy (non-hydrogen) atoms. The number of carbonyl (C=O) groups excluding carboxylic acids is 1. The summed E-state index contributed by atoms with van der Waals surface area (Å²) in [5, 5.41) is 3.88. The predicted molar refractivity (Wildman–Crippen MR) is 126 cm³/mol. The van der Waals surface area contributed by atoms with Gasteiger partial charge in [0.1, 0.15) is 31.0 Å². The van der Waals surface area contributed by atoms with Gasteiger partial charge in [-0.15, -0.1) is 0 Å². The van der Waals surface area contributed by atoms with E-state index >= 15 is 0 Å². The van der Waals surface area contributed by atoms with E-state index in [2.05, 4.69) is 10.1 Å². The lowest BCUT2D eigenvalue weighted by molar-refractivity contribution is -0.122. The Morgan fingerprint density at radius 1 is 0.914 bits per heavy atom. The molecule has 1 amide bonds. The number of fused-ring (bicyclic) bond motifs is 5. The third-order valence-electron chi connectivity index (χ3n) is 6.86. The van der Waals surface area contributed by atoms with Gasteiger partial charge in [-0.2, -0.15) is 4.98 Å². The molecule has 3 aromatic carbocycles. The van der Waals surface area contributed by atoms with Crippen molar-refractivity contribution in [3.05, 3.63) is 83.2 Å². The summed E-state index contributed by atoms with van der Waals surface area (Å²) in [4.78, 5) is 20.4. The van der Waals surface area contributed by atoms with E-state index in [1.807, 2.05) is 65.6 Å². The molecular weight excluding hydrogens is 446 g/mol. The number of hydrogen-bond donors (Lipinski definition) is 0. The second-order valence-electron chi connectivity index (χ2n) is 8.94. The second-order valence-corrected chi connectivity index (χ2v) is 8.94. The molecule has 0 saturated heterocycles. The molecule has 3 aliphatic rings. The number of aryl methyl sites for hydroxylation is 1. The number of amides is 1. The van der Waals surface area contributed by atoms with Gasteiger partial charge in [0.2, 0.25) is 5.91 Å². The zero-order chi connectivity index (χ0) is 23.6. The highest BCUT2D eigenvalue weighted by atomic mass is 16.6. The molecule has 1 aromatic heterocycles. The van der Waals surface area contributed by atoms with Crippen molar-refractivity contribution in [2.75, 3.05) is 24.7 Å². The van der Waals surface area contributed by atoms with E-state index in [0.29, 0.717) is 48.7 Å². The SMILES string of the molecule is Cc1noc(-c2cccc(CN3C(=O)C4(COc5cc6c(cc54)OCCO6)c4ccccc43)c2)n1. The lowest BCUT2D eigenvalue weighted by Gasteiger charge is -2.24. The summed E-state index contributed by atoms with van der Waals surface area (Å²) >= 11 is 0. The summed E-state index contributed by atoms with van der Waals surface area (Å²) in [7, 11) is 0. The molecule has 0 bridgehead atoms. The number of nitrogens with zero attached hydrogens (tertiary/aromatic N) is 3. The second kappa shape index (κ2) is 7.33. The van der Waals surface area contributed by atoms with Gasteiger partial charge in [0.05, 0.1) is 6.54 Å². The standard InChI is InChI=1S/C27H21N3O5/c1-16-28-25(35-29-16)18-6-4-5-17(11-18)14-30-21-8-3-2-7-19(21)27(26(30)31)15-34-22-13-24-23(12-20(22)27)32-9-10-33-24/h2-8,11-13H,9-10,14-15H2,1H3. The number of carbonyl (C=O) groups is 1. The van der Waals surface area contributed by atoms with Crippen molar-refractivity contribution in [3.8, 4) is 28.7 Å². The summed E-state index contributed by atoms with van der Waals surface area (Å²) in [6, 6.07) is 19.5. The Labute approximate surface area is 201 Å². The van der Waals surface area contributed by atoms with Gasteiger partial charge in [0.25, 0.3) is 5.89 Å². The van der Waals surface area contributed by atoms with Gasteiger partial charge in [-0.1, -0.05) is 35.5 Å². The average molecular weight is 467 g/mol. The van der Waals surface area contributed by atoms with Gasteiger partial charge in [-0.25, -0.2) is 0 Å². The molecule has 4 heterocycles. The quantitative estimate of drug-likeness (QED) is 0.449. The zero-order valence-corrected chi connectivity index (χ0v) is 19.0. The lowest BCUT2D eigenvalue weighted by Crippen LogP contribution is -2.42. The van der Waals surface area contributed by atoms with E-state index in [-0.39, 0.29) is 12.5 Å². The number of para-hydroxylation sites is 1. The third-order valence-corrected chi connectivity index (χ3v) is 6.86. The Kier molecular flexibility index (Phi) is 4.21. The number of ether oxygens (including phenoxy) is 3. The molecule has 0 fully saturated rings. The number of anilines is 1. The van der Waals surface area contributed by atoms with Crippen molar-refractivity contribution in [2.45, 2.75) is 18.9 Å². The van der Waals surface area contributed by atoms with Crippen LogP contribution in [0, 0.1) is 6.92 Å². The molecule has 8 heteroatoms. The van der Waals surface area contributed by atoms with Crippen molar-refractivity contribution in [1.29, 1.82) is 0 Å². The van der Waals surface area contributed by atoms with Crippen LogP contribution in [0.15, 0.2) is 65.2 Å². The van der Waals surface area contributed by atoms with E-state index in [9.17, 15) is 4.79 Å². The number of benzene rings is 3. The Morgan fingerprint density at radius 2 is 1.74 bits per heavy atom. The van der Waals surface area contributed by atoms with Crippen LogP contribution in [-0.4, -0.2) is 35.9 Å². The first kappa shape index (κ1) is 20.1. The highest BCUT2D eigenvalue weighted by Crippen LogP contribution is 2.55. The van der Waals surface area contributed by atoms with Crippen LogP contribution in [0.2, 0.25) is 0 Å². The molecule has 4 aromatic rings. The first-order valence-electron chi connectivity index (χ1n) is 11.5. The van der Waals surface area contributed by atoms with Crippen LogP contribution in [0.25, 0.3) is 11.5 Å². The Morgan fingerprint density at radius 3 is 2.57 bits per heavy atom. The van der Waals surface area contributed by atoms with E-state index in [1.54, 1.807) is 6.92 Å². The topological polar surface area (TPSA) is 86.9 Å². The summed E-state index contributed by atoms with van der Waals surface area (Å²) in [5.41, 5.74) is 3.47. The third kappa shape index (κ3) is 2.89. The minimum Gasteiger partial charge on any atom is -0.491 e. The Bertz CT molecular complexity index is 1500. The van der Waals surface area contributed by atoms with Gasteiger partial charge < -0.3 is 23.6 Å². The summed E-state index contributed by atoms with van der Waals surface area (Å²) in [5.74, 6) is 2.97. The molecule has 0 aliphatic carbocycles. The highest BCUT2D eigenvalue weighted by molar-refractivity contribution is 6.11. The molecule has 0 radical (unpaired) electrons. The van der Waals surface area contributed by atoms with Gasteiger partial charge in [0, 0.05) is 22.9 Å². The fourth-order valence-corrected chi connectivity index (χ4v) is 5.27. The molecule has 3 aliphatic heterocycles. The van der Waals surface area contributed by atoms with E-state index < -0.39 is 5.41 Å². The van der Waals surface area contributed by atoms with Gasteiger partial charge in [-0.05, 0) is 42.3 Å². The molecule has 7 rings (SSSR count). The van der Waals surface area contributed by atoms with E-state index in [4.69, 9.17) is 18.7 Å². The summed E-state index contributed by atoms with van der Waals surface area (Å²) < 4.78 is 23.0. The van der Waals surface area contributed by atoms with Crippen LogP contribution in [0.4, 0.5) is 5.69 Å². The fourth-order valence-electron chi connectivity index (χ4n) is 5.27. The van der Waals surface area contributed by atoms with Crippen LogP contribution in [0.1, 0.15) is 22.5 Å².